The van der Waals surface area contributed by atoms with Crippen molar-refractivity contribution in [3.63, 3.8) is 0 Å². The minimum absolute atomic E-state index is 0.0139. The Balaban J connectivity index is 2.91. The zero-order valence-corrected chi connectivity index (χ0v) is 12.3. The minimum atomic E-state index is 0.0139. The molecule has 1 aromatic rings. The Morgan fingerprint density at radius 2 is 2.18 bits per heavy atom. The summed E-state index contributed by atoms with van der Waals surface area (Å²) in [7, 11) is 0. The molecule has 0 unspecified atom stereocenters. The lowest BCUT2D eigenvalue weighted by Gasteiger charge is -2.12. The van der Waals surface area contributed by atoms with Gasteiger partial charge in [-0.25, -0.2) is 0 Å². The number of carbonyl (C=O) groups excluding carboxylic acids is 1. The van der Waals surface area contributed by atoms with Gasteiger partial charge in [0, 0.05) is 16.8 Å². The maximum Gasteiger partial charge on any atom is 0.167 e. The molecule has 0 bridgehead atoms. The summed E-state index contributed by atoms with van der Waals surface area (Å²) in [5.41, 5.74) is 0.598. The van der Waals surface area contributed by atoms with Crippen molar-refractivity contribution in [3.05, 3.63) is 28.2 Å². The normalized spacial score (nSPS) is 10.6. The Kier molecular flexibility index (Phi) is 6.00. The summed E-state index contributed by atoms with van der Waals surface area (Å²) in [6.45, 7) is 4.74. The molecule has 0 saturated heterocycles. The topological polar surface area (TPSA) is 26.3 Å². The van der Waals surface area contributed by atoms with Crippen LogP contribution in [0.4, 0.5) is 0 Å². The van der Waals surface area contributed by atoms with Crippen LogP contribution in [0.5, 0.6) is 5.75 Å². The highest BCUT2D eigenvalue weighted by molar-refractivity contribution is 9.10. The molecule has 0 aliphatic carbocycles. The van der Waals surface area contributed by atoms with Crippen molar-refractivity contribution >= 4 is 33.3 Å². The lowest BCUT2D eigenvalue weighted by atomic mass is 10.1. The molecule has 1 rings (SSSR count). The number of hydrogen-bond acceptors (Lipinski definition) is 2. The molecule has 0 spiro atoms. The monoisotopic (exact) mass is 318 g/mol. The molecule has 0 amide bonds. The predicted octanol–water partition coefficient (Wildman–Crippen LogP) is 4.30. The van der Waals surface area contributed by atoms with Crippen LogP contribution < -0.4 is 4.74 Å². The van der Waals surface area contributed by atoms with Crippen molar-refractivity contribution in [1.82, 2.24) is 0 Å². The van der Waals surface area contributed by atoms with Crippen molar-refractivity contribution in [1.29, 1.82) is 0 Å². The maximum absolute atomic E-state index is 11.9. The molecule has 0 radical (unpaired) electrons. The largest absolute Gasteiger partial charge is 0.493 e. The molecule has 2 nitrogen and oxygen atoms in total. The second-order valence-electron chi connectivity index (χ2n) is 4.21. The van der Waals surface area contributed by atoms with Gasteiger partial charge in [-0.15, -0.1) is 11.6 Å². The number of halogens is 2. The van der Waals surface area contributed by atoms with E-state index in [1.807, 2.05) is 12.1 Å². The number of hydrogen-bond donors (Lipinski definition) is 0. The summed E-state index contributed by atoms with van der Waals surface area (Å²) in [6.07, 6.45) is 0.329. The van der Waals surface area contributed by atoms with Crippen molar-refractivity contribution in [2.24, 2.45) is 5.92 Å². The van der Waals surface area contributed by atoms with E-state index in [-0.39, 0.29) is 5.78 Å². The Bertz CT molecular complexity index is 391. The maximum atomic E-state index is 11.9. The third-order valence-corrected chi connectivity index (χ3v) is 2.82. The van der Waals surface area contributed by atoms with Gasteiger partial charge in [-0.3, -0.25) is 4.79 Å². The second-order valence-corrected chi connectivity index (χ2v) is 5.50. The molecule has 0 atom stereocenters. The molecule has 1 aromatic carbocycles. The molecule has 0 heterocycles. The average Bonchev–Trinajstić information content (AvgIpc) is 2.27. The highest BCUT2D eigenvalue weighted by atomic mass is 79.9. The van der Waals surface area contributed by atoms with Gasteiger partial charge in [-0.2, -0.15) is 0 Å². The van der Waals surface area contributed by atoms with Crippen molar-refractivity contribution in [3.8, 4) is 5.75 Å². The van der Waals surface area contributed by atoms with E-state index in [1.54, 1.807) is 6.07 Å². The number of alkyl halides is 1. The Labute approximate surface area is 115 Å². The fourth-order valence-electron chi connectivity index (χ4n) is 1.32. The number of rotatable bonds is 6. The fraction of sp³-hybridized carbons (Fsp3) is 0.462. The van der Waals surface area contributed by atoms with E-state index in [0.29, 0.717) is 36.1 Å². The van der Waals surface area contributed by atoms with Gasteiger partial charge in [-0.05, 0) is 24.1 Å². The van der Waals surface area contributed by atoms with Crippen molar-refractivity contribution < 1.29 is 9.53 Å². The highest BCUT2D eigenvalue weighted by Gasteiger charge is 2.13. The molecule has 0 saturated carbocycles. The first kappa shape index (κ1) is 14.5. The number of Topliss-reactive ketones (excluding diaryl/α,β-unsaturated/α-hetero) is 1. The zero-order valence-electron chi connectivity index (χ0n) is 10.0. The molecule has 17 heavy (non-hydrogen) atoms. The Hall–Kier alpha value is -0.540. The first-order valence-electron chi connectivity index (χ1n) is 5.56. The quantitative estimate of drug-likeness (QED) is 0.577. The summed E-state index contributed by atoms with van der Waals surface area (Å²) in [4.78, 5) is 11.9. The van der Waals surface area contributed by atoms with Gasteiger partial charge in [-0.1, -0.05) is 29.8 Å². The van der Waals surface area contributed by atoms with Crippen LogP contribution in [0, 0.1) is 5.92 Å². The summed E-state index contributed by atoms with van der Waals surface area (Å²) in [5, 5.41) is 0. The van der Waals surface area contributed by atoms with E-state index < -0.39 is 0 Å². The third-order valence-electron chi connectivity index (χ3n) is 2.14. The number of benzene rings is 1. The van der Waals surface area contributed by atoms with E-state index in [9.17, 15) is 4.79 Å². The van der Waals surface area contributed by atoms with Crippen LogP contribution in [0.3, 0.4) is 0 Å². The summed E-state index contributed by atoms with van der Waals surface area (Å²) in [6, 6.07) is 5.46. The summed E-state index contributed by atoms with van der Waals surface area (Å²) < 4.78 is 6.50. The third kappa shape index (κ3) is 4.68. The molecule has 0 N–H and O–H groups in total. The highest BCUT2D eigenvalue weighted by Crippen LogP contribution is 2.25. The SMILES string of the molecule is CC(C)COc1ccc(Br)cc1C(=O)CCCl. The van der Waals surface area contributed by atoms with Crippen LogP contribution in [0.2, 0.25) is 0 Å². The summed E-state index contributed by atoms with van der Waals surface area (Å²) in [5.74, 6) is 1.40. The molecular formula is C13H16BrClO2. The second kappa shape index (κ2) is 7.02. The Morgan fingerprint density at radius 3 is 2.76 bits per heavy atom. The van der Waals surface area contributed by atoms with Gasteiger partial charge in [0.15, 0.2) is 5.78 Å². The van der Waals surface area contributed by atoms with Gasteiger partial charge in [0.1, 0.15) is 5.75 Å². The summed E-state index contributed by atoms with van der Waals surface area (Å²) >= 11 is 8.95. The van der Waals surface area contributed by atoms with E-state index in [1.165, 1.54) is 0 Å². The van der Waals surface area contributed by atoms with Gasteiger partial charge >= 0.3 is 0 Å². The zero-order chi connectivity index (χ0) is 12.8. The van der Waals surface area contributed by atoms with Gasteiger partial charge in [0.25, 0.3) is 0 Å². The Morgan fingerprint density at radius 1 is 1.47 bits per heavy atom. The molecule has 94 valence electrons. The van der Waals surface area contributed by atoms with Crippen LogP contribution >= 0.6 is 27.5 Å². The van der Waals surface area contributed by atoms with Crippen LogP contribution in [0.15, 0.2) is 22.7 Å². The lowest BCUT2D eigenvalue weighted by Crippen LogP contribution is -2.09. The first-order chi connectivity index (χ1) is 8.04. The fourth-order valence-corrected chi connectivity index (χ4v) is 1.86. The molecule has 4 heteroatoms. The smallest absolute Gasteiger partial charge is 0.167 e. The molecular weight excluding hydrogens is 303 g/mol. The van der Waals surface area contributed by atoms with E-state index in [0.717, 1.165) is 4.47 Å². The number of ketones is 1. The van der Waals surface area contributed by atoms with Crippen molar-refractivity contribution in [2.45, 2.75) is 20.3 Å². The molecule has 0 aliphatic heterocycles. The standard InChI is InChI=1S/C13H16BrClO2/c1-9(2)8-17-13-4-3-10(14)7-11(13)12(16)5-6-15/h3-4,7,9H,5-6,8H2,1-2H3. The predicted molar refractivity (Wildman–Crippen MR) is 74.1 cm³/mol. The number of carbonyl (C=O) groups is 1. The van der Waals surface area contributed by atoms with E-state index >= 15 is 0 Å². The van der Waals surface area contributed by atoms with Crippen LogP contribution in [0.1, 0.15) is 30.6 Å². The van der Waals surface area contributed by atoms with E-state index in [2.05, 4.69) is 29.8 Å². The molecule has 0 aliphatic rings. The van der Waals surface area contributed by atoms with E-state index in [4.69, 9.17) is 16.3 Å². The minimum Gasteiger partial charge on any atom is -0.493 e. The van der Waals surface area contributed by atoms with Gasteiger partial charge in [0.05, 0.1) is 12.2 Å². The van der Waals surface area contributed by atoms with Crippen LogP contribution in [-0.4, -0.2) is 18.3 Å². The molecule has 0 fully saturated rings. The molecule has 0 aromatic heterocycles. The van der Waals surface area contributed by atoms with Gasteiger partial charge in [0.2, 0.25) is 0 Å². The van der Waals surface area contributed by atoms with Crippen molar-refractivity contribution in [2.75, 3.05) is 12.5 Å². The first-order valence-corrected chi connectivity index (χ1v) is 6.89. The lowest BCUT2D eigenvalue weighted by molar-refractivity contribution is 0.0984. The van der Waals surface area contributed by atoms with Crippen LogP contribution in [0.25, 0.3) is 0 Å². The number of ether oxygens (including phenoxy) is 1. The average molecular weight is 320 g/mol. The van der Waals surface area contributed by atoms with Gasteiger partial charge < -0.3 is 4.74 Å². The van der Waals surface area contributed by atoms with Crippen LogP contribution in [-0.2, 0) is 0 Å².